The van der Waals surface area contributed by atoms with Crippen LogP contribution in [-0.4, -0.2) is 33.7 Å². The van der Waals surface area contributed by atoms with E-state index in [4.69, 9.17) is 27.9 Å². The third kappa shape index (κ3) is 6.47. The minimum absolute atomic E-state index is 0.0160. The molecule has 0 saturated heterocycles. The molecule has 0 radical (unpaired) electrons. The monoisotopic (exact) mass is 396 g/mol. The van der Waals surface area contributed by atoms with Crippen LogP contribution < -0.4 is 10.0 Å². The zero-order chi connectivity index (χ0) is 18.3. The van der Waals surface area contributed by atoms with Gasteiger partial charge in [0.1, 0.15) is 4.90 Å². The smallest absolute Gasteiger partial charge is 0.407 e. The summed E-state index contributed by atoms with van der Waals surface area (Å²) in [6, 6.07) is 3.97. The van der Waals surface area contributed by atoms with E-state index >= 15 is 0 Å². The average Bonchev–Trinajstić information content (AvgIpc) is 2.47. The highest BCUT2D eigenvalue weighted by molar-refractivity contribution is 7.89. The predicted octanol–water partition coefficient (Wildman–Crippen LogP) is 3.43. The van der Waals surface area contributed by atoms with Gasteiger partial charge >= 0.3 is 6.09 Å². The Morgan fingerprint density at radius 1 is 1.29 bits per heavy atom. The van der Waals surface area contributed by atoms with Crippen molar-refractivity contribution < 1.29 is 17.9 Å². The van der Waals surface area contributed by atoms with Gasteiger partial charge in [-0.1, -0.05) is 43.1 Å². The van der Waals surface area contributed by atoms with Gasteiger partial charge in [0, 0.05) is 12.6 Å². The van der Waals surface area contributed by atoms with Crippen LogP contribution in [0, 0.1) is 5.92 Å². The van der Waals surface area contributed by atoms with Crippen LogP contribution in [-0.2, 0) is 14.8 Å². The van der Waals surface area contributed by atoms with E-state index < -0.39 is 22.2 Å². The van der Waals surface area contributed by atoms with Gasteiger partial charge in [0.2, 0.25) is 10.0 Å². The van der Waals surface area contributed by atoms with Crippen molar-refractivity contribution in [2.45, 2.75) is 38.1 Å². The van der Waals surface area contributed by atoms with Crippen LogP contribution in [0.15, 0.2) is 23.1 Å². The third-order valence-corrected chi connectivity index (χ3v) is 5.48. The molecule has 0 fully saturated rings. The van der Waals surface area contributed by atoms with Gasteiger partial charge in [-0.05, 0) is 31.4 Å². The summed E-state index contributed by atoms with van der Waals surface area (Å²) in [6.07, 6.45) is 0.00748. The van der Waals surface area contributed by atoms with Crippen LogP contribution in [0.1, 0.15) is 27.2 Å². The molecular formula is C15H22Cl2N2O4S. The molecule has 0 saturated carbocycles. The van der Waals surface area contributed by atoms with E-state index in [2.05, 4.69) is 10.0 Å². The van der Waals surface area contributed by atoms with E-state index in [9.17, 15) is 13.2 Å². The Balaban J connectivity index is 2.83. The molecule has 24 heavy (non-hydrogen) atoms. The number of sulfonamides is 1. The first-order valence-electron chi connectivity index (χ1n) is 7.54. The normalized spacial score (nSPS) is 12.9. The van der Waals surface area contributed by atoms with E-state index in [-0.39, 0.29) is 34.0 Å². The molecule has 0 bridgehead atoms. The Bertz CT molecular complexity index is 665. The fourth-order valence-electron chi connectivity index (χ4n) is 2.08. The summed E-state index contributed by atoms with van der Waals surface area (Å²) in [6.45, 7) is 5.90. The van der Waals surface area contributed by atoms with Crippen LogP contribution in [0.4, 0.5) is 4.79 Å². The second-order valence-corrected chi connectivity index (χ2v) is 8.12. The number of carbonyl (C=O) groups excluding carboxylic acids is 1. The maximum atomic E-state index is 12.4. The van der Waals surface area contributed by atoms with Crippen molar-refractivity contribution in [3.05, 3.63) is 28.2 Å². The lowest BCUT2D eigenvalue weighted by atomic mass is 10.0. The molecule has 1 amide bonds. The highest BCUT2D eigenvalue weighted by Gasteiger charge is 2.22. The Morgan fingerprint density at radius 2 is 1.96 bits per heavy atom. The lowest BCUT2D eigenvalue weighted by molar-refractivity contribution is 0.146. The lowest BCUT2D eigenvalue weighted by Gasteiger charge is -2.21. The van der Waals surface area contributed by atoms with Crippen molar-refractivity contribution in [2.24, 2.45) is 5.92 Å². The number of amides is 1. The number of rotatable bonds is 8. The number of hydrogen-bond acceptors (Lipinski definition) is 4. The highest BCUT2D eigenvalue weighted by atomic mass is 35.5. The first kappa shape index (κ1) is 21.0. The molecule has 136 valence electrons. The zero-order valence-electron chi connectivity index (χ0n) is 13.8. The third-order valence-electron chi connectivity index (χ3n) is 3.08. The number of nitrogens with one attached hydrogen (secondary N) is 2. The van der Waals surface area contributed by atoms with Crippen LogP contribution in [0.5, 0.6) is 0 Å². The van der Waals surface area contributed by atoms with E-state index in [1.54, 1.807) is 6.92 Å². The fourth-order valence-corrected chi connectivity index (χ4v) is 3.92. The van der Waals surface area contributed by atoms with E-state index in [0.717, 1.165) is 0 Å². The molecule has 0 heterocycles. The second-order valence-electron chi connectivity index (χ2n) is 5.60. The van der Waals surface area contributed by atoms with Crippen LogP contribution in [0.3, 0.4) is 0 Å². The predicted molar refractivity (Wildman–Crippen MR) is 95.1 cm³/mol. The standard InChI is InChI=1S/C15H22Cl2N2O4S/c1-4-23-15(20)19-11(8-10(2)3)9-18-24(21,22)13-7-5-6-12(16)14(13)17/h5-7,10-11,18H,4,8-9H2,1-3H3,(H,19,20). The number of hydrogen-bond donors (Lipinski definition) is 2. The summed E-state index contributed by atoms with van der Waals surface area (Å²) < 4.78 is 32.1. The minimum atomic E-state index is -3.85. The maximum Gasteiger partial charge on any atom is 0.407 e. The van der Waals surface area contributed by atoms with Gasteiger partial charge < -0.3 is 10.1 Å². The molecule has 0 aromatic heterocycles. The van der Waals surface area contributed by atoms with Crippen LogP contribution in [0.2, 0.25) is 10.0 Å². The summed E-state index contributed by atoms with van der Waals surface area (Å²) in [5.41, 5.74) is 0. The van der Waals surface area contributed by atoms with E-state index in [1.807, 2.05) is 13.8 Å². The van der Waals surface area contributed by atoms with Crippen molar-refractivity contribution >= 4 is 39.3 Å². The van der Waals surface area contributed by atoms with Gasteiger partial charge in [-0.2, -0.15) is 0 Å². The molecule has 0 aliphatic rings. The molecule has 2 N–H and O–H groups in total. The summed E-state index contributed by atoms with van der Waals surface area (Å²) in [7, 11) is -3.85. The summed E-state index contributed by atoms with van der Waals surface area (Å²) in [5, 5.41) is 2.77. The quantitative estimate of drug-likeness (QED) is 0.704. The van der Waals surface area contributed by atoms with Crippen molar-refractivity contribution in [2.75, 3.05) is 13.2 Å². The number of halogens is 2. The van der Waals surface area contributed by atoms with Crippen LogP contribution >= 0.6 is 23.2 Å². The summed E-state index contributed by atoms with van der Waals surface area (Å²) >= 11 is 11.8. The second kappa shape index (κ2) is 9.46. The molecule has 9 heteroatoms. The molecule has 1 aromatic rings. The van der Waals surface area contributed by atoms with Gasteiger partial charge in [-0.25, -0.2) is 17.9 Å². The molecule has 1 aromatic carbocycles. The molecule has 0 spiro atoms. The summed E-state index contributed by atoms with van der Waals surface area (Å²) in [4.78, 5) is 11.5. The van der Waals surface area contributed by atoms with Crippen LogP contribution in [0.25, 0.3) is 0 Å². The fraction of sp³-hybridized carbons (Fsp3) is 0.533. The van der Waals surface area contributed by atoms with E-state index in [0.29, 0.717) is 6.42 Å². The van der Waals surface area contributed by atoms with Crippen molar-refractivity contribution in [3.8, 4) is 0 Å². The first-order valence-corrected chi connectivity index (χ1v) is 9.78. The Labute approximate surface area is 152 Å². The molecule has 1 rings (SSSR count). The molecule has 0 aliphatic carbocycles. The minimum Gasteiger partial charge on any atom is -0.450 e. The Kier molecular flexibility index (Phi) is 8.29. The number of alkyl carbamates (subject to hydrolysis) is 1. The van der Waals surface area contributed by atoms with Crippen molar-refractivity contribution in [3.63, 3.8) is 0 Å². The van der Waals surface area contributed by atoms with Crippen molar-refractivity contribution in [1.82, 2.24) is 10.0 Å². The molecule has 1 atom stereocenters. The average molecular weight is 397 g/mol. The Morgan fingerprint density at radius 3 is 2.54 bits per heavy atom. The topological polar surface area (TPSA) is 84.5 Å². The summed E-state index contributed by atoms with van der Waals surface area (Å²) in [5.74, 6) is 0.260. The number of benzene rings is 1. The SMILES string of the molecule is CCOC(=O)NC(CNS(=O)(=O)c1cccc(Cl)c1Cl)CC(C)C. The lowest BCUT2D eigenvalue weighted by Crippen LogP contribution is -2.44. The van der Waals surface area contributed by atoms with E-state index in [1.165, 1.54) is 18.2 Å². The molecule has 1 unspecified atom stereocenters. The zero-order valence-corrected chi connectivity index (χ0v) is 16.1. The molecule has 0 aliphatic heterocycles. The van der Waals surface area contributed by atoms with Gasteiger partial charge in [0.05, 0.1) is 16.7 Å². The largest absolute Gasteiger partial charge is 0.450 e. The van der Waals surface area contributed by atoms with Gasteiger partial charge in [0.15, 0.2) is 0 Å². The molecule has 6 nitrogen and oxygen atoms in total. The number of carbonyl (C=O) groups is 1. The number of ether oxygens (including phenoxy) is 1. The van der Waals surface area contributed by atoms with Gasteiger partial charge in [-0.15, -0.1) is 0 Å². The molecular weight excluding hydrogens is 375 g/mol. The van der Waals surface area contributed by atoms with Gasteiger partial charge in [-0.3, -0.25) is 0 Å². The van der Waals surface area contributed by atoms with Gasteiger partial charge in [0.25, 0.3) is 0 Å². The van der Waals surface area contributed by atoms with Crippen molar-refractivity contribution in [1.29, 1.82) is 0 Å². The first-order chi connectivity index (χ1) is 11.2. The Hall–Kier alpha value is -1.02. The maximum absolute atomic E-state index is 12.4. The highest BCUT2D eigenvalue weighted by Crippen LogP contribution is 2.28.